The van der Waals surface area contributed by atoms with Gasteiger partial charge in [0.15, 0.2) is 10.8 Å². The maximum atomic E-state index is 6.60. The van der Waals surface area contributed by atoms with Crippen molar-refractivity contribution in [2.45, 2.75) is 43.3 Å². The highest BCUT2D eigenvalue weighted by atomic mass is 35.5. The van der Waals surface area contributed by atoms with Gasteiger partial charge in [0.25, 0.3) is 0 Å². The fourth-order valence-corrected chi connectivity index (χ4v) is 3.43. The molecule has 0 spiro atoms. The van der Waals surface area contributed by atoms with Crippen molar-refractivity contribution in [3.05, 3.63) is 42.1 Å². The van der Waals surface area contributed by atoms with E-state index in [9.17, 15) is 0 Å². The number of thioether (sulfide) groups is 1. The molecule has 0 aliphatic carbocycles. The average Bonchev–Trinajstić information content (AvgIpc) is 3.08. The lowest BCUT2D eigenvalue weighted by molar-refractivity contribution is 0.613. The summed E-state index contributed by atoms with van der Waals surface area (Å²) in [5, 5.41) is 9.49. The highest BCUT2D eigenvalue weighted by Crippen LogP contribution is 2.27. The van der Waals surface area contributed by atoms with Crippen LogP contribution < -0.4 is 5.32 Å². The minimum absolute atomic E-state index is 0.159. The second-order valence-electron chi connectivity index (χ2n) is 6.13. The third-order valence-electron chi connectivity index (χ3n) is 4.23. The van der Waals surface area contributed by atoms with Gasteiger partial charge >= 0.3 is 0 Å². The molecule has 0 saturated carbocycles. The molecule has 0 aliphatic heterocycles. The number of hydrogen-bond donors (Lipinski definition) is 1. The summed E-state index contributed by atoms with van der Waals surface area (Å²) in [7, 11) is 0. The molecule has 0 amide bonds. The number of anilines is 1. The molecule has 5 nitrogen and oxygen atoms in total. The maximum absolute atomic E-state index is 6.60. The summed E-state index contributed by atoms with van der Waals surface area (Å²) in [6, 6.07) is 10.1. The molecule has 1 unspecified atom stereocenters. The molecule has 2 heterocycles. The summed E-state index contributed by atoms with van der Waals surface area (Å²) in [6.07, 6.45) is 7.35. The van der Waals surface area contributed by atoms with Crippen molar-refractivity contribution in [3.63, 3.8) is 0 Å². The molecule has 1 atom stereocenters. The number of alkyl halides is 1. The molecule has 0 bridgehead atoms. The van der Waals surface area contributed by atoms with Crippen LogP contribution in [0.3, 0.4) is 0 Å². The monoisotopic (exact) mass is 389 g/mol. The van der Waals surface area contributed by atoms with E-state index in [1.165, 1.54) is 24.6 Å². The summed E-state index contributed by atoms with van der Waals surface area (Å²) in [5.41, 5.74) is 1.90. The summed E-state index contributed by atoms with van der Waals surface area (Å²) in [4.78, 5) is 9.28. The molecule has 1 N–H and O–H groups in total. The highest BCUT2D eigenvalue weighted by Gasteiger charge is 2.16. The molecule has 138 valence electrons. The van der Waals surface area contributed by atoms with Gasteiger partial charge in [0.05, 0.1) is 23.5 Å². The number of benzene rings is 1. The van der Waals surface area contributed by atoms with Gasteiger partial charge in [-0.15, -0.1) is 11.6 Å². The van der Waals surface area contributed by atoms with Crippen LogP contribution >= 0.6 is 23.4 Å². The molecule has 2 aromatic heterocycles. The second-order valence-corrected chi connectivity index (χ2v) is 7.44. The van der Waals surface area contributed by atoms with E-state index >= 15 is 0 Å². The zero-order chi connectivity index (χ0) is 18.4. The molecule has 1 aromatic carbocycles. The van der Waals surface area contributed by atoms with Crippen LogP contribution in [-0.2, 0) is 6.54 Å². The molecule has 0 fully saturated rings. The highest BCUT2D eigenvalue weighted by molar-refractivity contribution is 7.98. The van der Waals surface area contributed by atoms with Gasteiger partial charge in [0, 0.05) is 6.54 Å². The lowest BCUT2D eigenvalue weighted by Gasteiger charge is -2.12. The normalized spacial score (nSPS) is 12.4. The molecule has 0 aliphatic rings. The van der Waals surface area contributed by atoms with Crippen LogP contribution in [0.5, 0.6) is 0 Å². The smallest absolute Gasteiger partial charge is 0.191 e. The van der Waals surface area contributed by atoms with Crippen molar-refractivity contribution in [2.75, 3.05) is 18.1 Å². The molecule has 0 saturated heterocycles. The van der Waals surface area contributed by atoms with Gasteiger partial charge in [-0.3, -0.25) is 0 Å². The fourth-order valence-electron chi connectivity index (χ4n) is 2.80. The standard InChI is InChI=1S/C19H24ClN5S/c1-3-4-8-11-21-17-15-12-22-25(18(15)24-19(23-17)26-2)13-16(20)14-9-6-5-7-10-14/h5-7,9-10,12,16H,3-4,8,11,13H2,1-2H3,(H,21,23,24). The number of hydrogen-bond acceptors (Lipinski definition) is 5. The molecular weight excluding hydrogens is 366 g/mol. The van der Waals surface area contributed by atoms with Crippen LogP contribution in [0.4, 0.5) is 5.82 Å². The van der Waals surface area contributed by atoms with Crippen molar-refractivity contribution in [1.29, 1.82) is 0 Å². The number of nitrogens with zero attached hydrogens (tertiary/aromatic N) is 4. The van der Waals surface area contributed by atoms with Crippen LogP contribution in [0.2, 0.25) is 0 Å². The third kappa shape index (κ3) is 4.48. The Kier molecular flexibility index (Phi) is 6.74. The van der Waals surface area contributed by atoms with E-state index in [-0.39, 0.29) is 5.38 Å². The topological polar surface area (TPSA) is 55.6 Å². The Morgan fingerprint density at radius 1 is 1.19 bits per heavy atom. The van der Waals surface area contributed by atoms with E-state index in [2.05, 4.69) is 27.3 Å². The molecule has 7 heteroatoms. The first-order valence-electron chi connectivity index (χ1n) is 8.93. The average molecular weight is 390 g/mol. The van der Waals surface area contributed by atoms with E-state index < -0.39 is 0 Å². The molecule has 3 rings (SSSR count). The third-order valence-corrected chi connectivity index (χ3v) is 5.16. The predicted molar refractivity (Wildman–Crippen MR) is 110 cm³/mol. The first-order chi connectivity index (χ1) is 12.7. The Balaban J connectivity index is 1.85. The molecule has 26 heavy (non-hydrogen) atoms. The number of rotatable bonds is 9. The summed E-state index contributed by atoms with van der Waals surface area (Å²) in [6.45, 7) is 3.67. The second kappa shape index (κ2) is 9.24. The van der Waals surface area contributed by atoms with Gasteiger partial charge in [-0.05, 0) is 18.2 Å². The zero-order valence-electron chi connectivity index (χ0n) is 15.2. The molecular formula is C19H24ClN5S. The molecule has 3 aromatic rings. The summed E-state index contributed by atoms with van der Waals surface area (Å²) in [5.74, 6) is 0.854. The van der Waals surface area contributed by atoms with E-state index in [1.54, 1.807) is 0 Å². The Morgan fingerprint density at radius 2 is 2.00 bits per heavy atom. The van der Waals surface area contributed by atoms with Crippen molar-refractivity contribution >= 4 is 40.2 Å². The predicted octanol–water partition coefficient (Wildman–Crippen LogP) is 5.13. The van der Waals surface area contributed by atoms with Gasteiger partial charge in [-0.1, -0.05) is 61.9 Å². The Morgan fingerprint density at radius 3 is 2.73 bits per heavy atom. The minimum atomic E-state index is -0.159. The Hall–Kier alpha value is -1.79. The summed E-state index contributed by atoms with van der Waals surface area (Å²) >= 11 is 8.14. The van der Waals surface area contributed by atoms with Crippen molar-refractivity contribution in [1.82, 2.24) is 19.7 Å². The van der Waals surface area contributed by atoms with E-state index in [0.717, 1.165) is 40.5 Å². The van der Waals surface area contributed by atoms with Crippen molar-refractivity contribution in [3.8, 4) is 0 Å². The molecule has 0 radical (unpaired) electrons. The van der Waals surface area contributed by atoms with Crippen LogP contribution in [0.15, 0.2) is 41.7 Å². The van der Waals surface area contributed by atoms with Crippen LogP contribution in [0.1, 0.15) is 37.1 Å². The first kappa shape index (κ1) is 19.0. The Labute approximate surface area is 163 Å². The largest absolute Gasteiger partial charge is 0.369 e. The lowest BCUT2D eigenvalue weighted by atomic mass is 10.1. The number of halogens is 1. The van der Waals surface area contributed by atoms with E-state index in [4.69, 9.17) is 11.6 Å². The number of unbranched alkanes of at least 4 members (excludes halogenated alkanes) is 2. The SMILES string of the molecule is CCCCCNc1nc(SC)nc2c1cnn2CC(Cl)c1ccccc1. The van der Waals surface area contributed by atoms with Crippen molar-refractivity contribution in [2.24, 2.45) is 0 Å². The minimum Gasteiger partial charge on any atom is -0.369 e. The number of aromatic nitrogens is 4. The Bertz CT molecular complexity index is 837. The van der Waals surface area contributed by atoms with Gasteiger partial charge in [-0.25, -0.2) is 14.6 Å². The summed E-state index contributed by atoms with van der Waals surface area (Å²) < 4.78 is 1.87. The van der Waals surface area contributed by atoms with Crippen molar-refractivity contribution < 1.29 is 0 Å². The van der Waals surface area contributed by atoms with Gasteiger partial charge in [0.1, 0.15) is 5.82 Å². The number of nitrogens with one attached hydrogen (secondary N) is 1. The van der Waals surface area contributed by atoms with Gasteiger partial charge in [-0.2, -0.15) is 5.10 Å². The lowest BCUT2D eigenvalue weighted by Crippen LogP contribution is -2.09. The number of fused-ring (bicyclic) bond motifs is 1. The van der Waals surface area contributed by atoms with Crippen LogP contribution in [0.25, 0.3) is 11.0 Å². The quantitative estimate of drug-likeness (QED) is 0.238. The van der Waals surface area contributed by atoms with Gasteiger partial charge < -0.3 is 5.32 Å². The van der Waals surface area contributed by atoms with E-state index in [0.29, 0.717) is 6.54 Å². The zero-order valence-corrected chi connectivity index (χ0v) is 16.7. The maximum Gasteiger partial charge on any atom is 0.191 e. The fraction of sp³-hybridized carbons (Fsp3) is 0.421. The first-order valence-corrected chi connectivity index (χ1v) is 10.6. The van der Waals surface area contributed by atoms with Crippen LogP contribution in [-0.4, -0.2) is 32.5 Å². The van der Waals surface area contributed by atoms with Crippen LogP contribution in [0, 0.1) is 0 Å². The van der Waals surface area contributed by atoms with E-state index in [1.807, 2.05) is 47.5 Å². The van der Waals surface area contributed by atoms with Gasteiger partial charge in [0.2, 0.25) is 0 Å².